The van der Waals surface area contributed by atoms with Crippen molar-refractivity contribution in [2.24, 2.45) is 0 Å². The summed E-state index contributed by atoms with van der Waals surface area (Å²) in [5.41, 5.74) is 0.191. The van der Waals surface area contributed by atoms with E-state index in [1.807, 2.05) is 0 Å². The Morgan fingerprint density at radius 1 is 1.11 bits per heavy atom. The second-order valence-electron chi connectivity index (χ2n) is 5.70. The lowest BCUT2D eigenvalue weighted by Crippen LogP contribution is -2.23. The summed E-state index contributed by atoms with van der Waals surface area (Å²) in [5.74, 6) is -0.841. The third-order valence-corrected chi connectivity index (χ3v) is 5.60. The molecule has 0 bridgehead atoms. The van der Waals surface area contributed by atoms with Gasteiger partial charge < -0.3 is 9.15 Å². The largest absolute Gasteiger partial charge is 0.468 e. The van der Waals surface area contributed by atoms with Crippen molar-refractivity contribution in [3.8, 4) is 0 Å². The third kappa shape index (κ3) is 4.78. The number of sulfonamides is 1. The van der Waals surface area contributed by atoms with Gasteiger partial charge in [-0.3, -0.25) is 0 Å². The van der Waals surface area contributed by atoms with Crippen molar-refractivity contribution in [2.45, 2.75) is 18.0 Å². The van der Waals surface area contributed by atoms with Gasteiger partial charge in [-0.1, -0.05) is 17.7 Å². The van der Waals surface area contributed by atoms with Crippen LogP contribution in [0.2, 0.25) is 5.02 Å². The Morgan fingerprint density at radius 2 is 1.86 bits per heavy atom. The Hall–Kier alpha value is -2.68. The quantitative estimate of drug-likeness (QED) is 0.582. The van der Waals surface area contributed by atoms with Crippen molar-refractivity contribution in [3.63, 3.8) is 0 Å². The zero-order chi connectivity index (χ0) is 20.1. The van der Waals surface area contributed by atoms with E-state index in [9.17, 15) is 17.6 Å². The Bertz CT molecular complexity index is 1050. The molecule has 1 heterocycles. The number of rotatable bonds is 7. The molecule has 0 aliphatic heterocycles. The minimum Gasteiger partial charge on any atom is -0.468 e. The first-order valence-electron chi connectivity index (χ1n) is 8.09. The summed E-state index contributed by atoms with van der Waals surface area (Å²) in [4.78, 5) is 12.1. The normalized spacial score (nSPS) is 11.4. The van der Waals surface area contributed by atoms with Gasteiger partial charge >= 0.3 is 5.97 Å². The zero-order valence-electron chi connectivity index (χ0n) is 14.4. The first-order valence-corrected chi connectivity index (χ1v) is 9.95. The molecule has 0 amide bonds. The van der Waals surface area contributed by atoms with Gasteiger partial charge in [-0.15, -0.1) is 0 Å². The highest BCUT2D eigenvalue weighted by Gasteiger charge is 2.16. The molecular formula is C19H15ClFNO5S. The van der Waals surface area contributed by atoms with Crippen LogP contribution in [0.25, 0.3) is 0 Å². The Kier molecular flexibility index (Phi) is 6.13. The molecule has 3 rings (SSSR count). The number of hydrogen-bond acceptors (Lipinski definition) is 5. The molecule has 28 heavy (non-hydrogen) atoms. The molecule has 3 aromatic rings. The number of carbonyl (C=O) groups is 1. The second kappa shape index (κ2) is 8.55. The van der Waals surface area contributed by atoms with Crippen molar-refractivity contribution in [2.75, 3.05) is 0 Å². The third-order valence-electron chi connectivity index (χ3n) is 3.83. The van der Waals surface area contributed by atoms with Crippen LogP contribution < -0.4 is 4.72 Å². The minimum absolute atomic E-state index is 0.00251. The Morgan fingerprint density at radius 3 is 2.50 bits per heavy atom. The van der Waals surface area contributed by atoms with Gasteiger partial charge in [0.15, 0.2) is 0 Å². The van der Waals surface area contributed by atoms with Crippen molar-refractivity contribution in [1.29, 1.82) is 0 Å². The van der Waals surface area contributed by atoms with Crippen LogP contribution in [-0.4, -0.2) is 14.4 Å². The first kappa shape index (κ1) is 20.1. The van der Waals surface area contributed by atoms with Crippen LogP contribution in [0.3, 0.4) is 0 Å². The van der Waals surface area contributed by atoms with Crippen LogP contribution in [0.4, 0.5) is 4.39 Å². The van der Waals surface area contributed by atoms with Crippen molar-refractivity contribution < 1.29 is 26.8 Å². The van der Waals surface area contributed by atoms with Crippen molar-refractivity contribution >= 4 is 27.6 Å². The maximum atomic E-state index is 13.7. The molecule has 2 aromatic carbocycles. The number of nitrogens with one attached hydrogen (secondary N) is 1. The monoisotopic (exact) mass is 423 g/mol. The van der Waals surface area contributed by atoms with Gasteiger partial charge in [0.05, 0.1) is 28.3 Å². The van der Waals surface area contributed by atoms with E-state index < -0.39 is 21.8 Å². The van der Waals surface area contributed by atoms with Crippen molar-refractivity contribution in [1.82, 2.24) is 4.72 Å². The standard InChI is InChI=1S/C19H15ClFNO5S/c20-17-4-1-5-18(21)16(17)12-27-19(23)13-6-8-15(9-7-13)28(24,25)22-11-14-3-2-10-26-14/h1-10,22H,11-12H2. The van der Waals surface area contributed by atoms with Crippen LogP contribution >= 0.6 is 11.6 Å². The van der Waals surface area contributed by atoms with E-state index in [1.165, 1.54) is 48.7 Å². The average molecular weight is 424 g/mol. The molecule has 1 N–H and O–H groups in total. The number of benzene rings is 2. The van der Waals surface area contributed by atoms with E-state index in [0.29, 0.717) is 5.76 Å². The SMILES string of the molecule is O=C(OCc1c(F)cccc1Cl)c1ccc(S(=O)(=O)NCc2ccco2)cc1. The van der Waals surface area contributed by atoms with Crippen LogP contribution in [0, 0.1) is 5.82 Å². The average Bonchev–Trinajstić information content (AvgIpc) is 3.20. The maximum Gasteiger partial charge on any atom is 0.338 e. The fourth-order valence-corrected chi connectivity index (χ4v) is 3.53. The molecule has 6 nitrogen and oxygen atoms in total. The predicted octanol–water partition coefficient (Wildman–Crippen LogP) is 3.91. The fraction of sp³-hybridized carbons (Fsp3) is 0.105. The van der Waals surface area contributed by atoms with Gasteiger partial charge in [-0.05, 0) is 48.5 Å². The molecule has 0 aliphatic carbocycles. The van der Waals surface area contributed by atoms with Gasteiger partial charge in [0, 0.05) is 5.56 Å². The second-order valence-corrected chi connectivity index (χ2v) is 7.88. The van der Waals surface area contributed by atoms with E-state index in [-0.39, 0.29) is 34.2 Å². The number of furan rings is 1. The van der Waals surface area contributed by atoms with E-state index >= 15 is 0 Å². The molecule has 0 atom stereocenters. The maximum absolute atomic E-state index is 13.7. The Labute approximate surface area is 165 Å². The van der Waals surface area contributed by atoms with Crippen LogP contribution in [-0.2, 0) is 27.9 Å². The number of halogens is 2. The summed E-state index contributed by atoms with van der Waals surface area (Å²) in [7, 11) is -3.77. The van der Waals surface area contributed by atoms with Crippen LogP contribution in [0.15, 0.2) is 70.2 Å². The molecule has 1 aromatic heterocycles. The van der Waals surface area contributed by atoms with Gasteiger partial charge in [0.25, 0.3) is 0 Å². The van der Waals surface area contributed by atoms with Gasteiger partial charge in [0.1, 0.15) is 18.2 Å². The summed E-state index contributed by atoms with van der Waals surface area (Å²) in [6.45, 7) is -0.336. The molecule has 0 aliphatic rings. The van der Waals surface area contributed by atoms with Crippen molar-refractivity contribution in [3.05, 3.63) is 88.6 Å². The first-order chi connectivity index (χ1) is 13.4. The van der Waals surface area contributed by atoms with Gasteiger partial charge in [0.2, 0.25) is 10.0 Å². The highest BCUT2D eigenvalue weighted by atomic mass is 35.5. The molecule has 0 spiro atoms. The molecule has 0 unspecified atom stereocenters. The summed E-state index contributed by atoms with van der Waals surface area (Å²) >= 11 is 5.88. The van der Waals surface area contributed by atoms with E-state index in [1.54, 1.807) is 12.1 Å². The number of carbonyl (C=O) groups excluding carboxylic acids is 1. The van der Waals surface area contributed by atoms with Crippen LogP contribution in [0.5, 0.6) is 0 Å². The fourth-order valence-electron chi connectivity index (χ4n) is 2.32. The smallest absolute Gasteiger partial charge is 0.338 e. The number of esters is 1. The number of hydrogen-bond donors (Lipinski definition) is 1. The molecular weight excluding hydrogens is 409 g/mol. The lowest BCUT2D eigenvalue weighted by molar-refractivity contribution is 0.0469. The van der Waals surface area contributed by atoms with E-state index in [4.69, 9.17) is 20.8 Å². The minimum atomic E-state index is -3.77. The summed E-state index contributed by atoms with van der Waals surface area (Å²) in [6.07, 6.45) is 1.44. The lowest BCUT2D eigenvalue weighted by Gasteiger charge is -2.09. The highest BCUT2D eigenvalue weighted by molar-refractivity contribution is 7.89. The van der Waals surface area contributed by atoms with E-state index in [2.05, 4.69) is 4.72 Å². The molecule has 0 saturated carbocycles. The molecule has 0 fully saturated rings. The van der Waals surface area contributed by atoms with Crippen LogP contribution in [0.1, 0.15) is 21.7 Å². The topological polar surface area (TPSA) is 85.6 Å². The zero-order valence-corrected chi connectivity index (χ0v) is 16.0. The summed E-state index contributed by atoms with van der Waals surface area (Å²) in [6, 6.07) is 12.6. The summed E-state index contributed by atoms with van der Waals surface area (Å²) < 4.78 is 50.8. The lowest BCUT2D eigenvalue weighted by atomic mass is 10.2. The number of ether oxygens (including phenoxy) is 1. The Balaban J connectivity index is 1.63. The molecule has 146 valence electrons. The molecule has 9 heteroatoms. The van der Waals surface area contributed by atoms with E-state index in [0.717, 1.165) is 0 Å². The van der Waals surface area contributed by atoms with Gasteiger partial charge in [-0.25, -0.2) is 22.3 Å². The summed E-state index contributed by atoms with van der Waals surface area (Å²) in [5, 5.41) is 0.150. The predicted molar refractivity (Wildman–Crippen MR) is 99.7 cm³/mol. The van der Waals surface area contributed by atoms with Gasteiger partial charge in [-0.2, -0.15) is 0 Å². The molecule has 0 radical (unpaired) electrons. The molecule has 0 saturated heterocycles. The highest BCUT2D eigenvalue weighted by Crippen LogP contribution is 2.20.